The van der Waals surface area contributed by atoms with Gasteiger partial charge in [-0.15, -0.1) is 0 Å². The number of benzene rings is 1. The van der Waals surface area contributed by atoms with Crippen LogP contribution in [-0.4, -0.2) is 50.9 Å². The number of carbonyl (C=O) groups excluding carboxylic acids is 1. The molecule has 0 N–H and O–H groups in total. The summed E-state index contributed by atoms with van der Waals surface area (Å²) in [5.74, 6) is -0.567. The summed E-state index contributed by atoms with van der Waals surface area (Å²) in [6.45, 7) is 0.615. The molecule has 0 saturated carbocycles. The molecule has 0 aromatic heterocycles. The highest BCUT2D eigenvalue weighted by Gasteiger charge is 2.34. The zero-order chi connectivity index (χ0) is 16.3. The van der Waals surface area contributed by atoms with E-state index in [1.165, 1.54) is 18.5 Å². The summed E-state index contributed by atoms with van der Waals surface area (Å²) in [6, 6.07) is 6.51. The monoisotopic (exact) mass is 390 g/mol. The van der Waals surface area contributed by atoms with Gasteiger partial charge in [0.15, 0.2) is 0 Å². The third-order valence-corrected chi connectivity index (χ3v) is 6.18. The maximum atomic E-state index is 12.7. The van der Waals surface area contributed by atoms with Crippen molar-refractivity contribution < 1.29 is 18.0 Å². The average molecular weight is 391 g/mol. The molecular weight excluding hydrogens is 372 g/mol. The molecule has 1 aromatic carbocycles. The highest BCUT2D eigenvalue weighted by Crippen LogP contribution is 2.25. The minimum atomic E-state index is -3.58. The molecule has 1 fully saturated rings. The second-order valence-electron chi connectivity index (χ2n) is 5.17. The number of hydroxylamine groups is 2. The van der Waals surface area contributed by atoms with E-state index in [-0.39, 0.29) is 23.3 Å². The molecule has 0 bridgehead atoms. The molecule has 22 heavy (non-hydrogen) atoms. The van der Waals surface area contributed by atoms with Crippen LogP contribution in [0.2, 0.25) is 0 Å². The van der Waals surface area contributed by atoms with Gasteiger partial charge in [0.1, 0.15) is 0 Å². The number of hydrogen-bond acceptors (Lipinski definition) is 4. The second kappa shape index (κ2) is 7.08. The number of nitrogens with zero attached hydrogens (tertiary/aromatic N) is 2. The summed E-state index contributed by atoms with van der Waals surface area (Å²) in [5.41, 5.74) is 0. The standard InChI is InChI=1S/C14H19BrN2O4S/c1-16(21-2)14(18)11-4-3-9-17(10-11)22(19,20)13-7-5-12(15)6-8-13/h5-8,11H,3-4,9-10H2,1-2H3. The van der Waals surface area contributed by atoms with Crippen molar-refractivity contribution in [3.8, 4) is 0 Å². The molecule has 1 aliphatic rings. The third-order valence-electron chi connectivity index (χ3n) is 3.77. The lowest BCUT2D eigenvalue weighted by Crippen LogP contribution is -2.45. The van der Waals surface area contributed by atoms with Gasteiger partial charge in [-0.2, -0.15) is 4.31 Å². The van der Waals surface area contributed by atoms with Crippen molar-refractivity contribution in [1.82, 2.24) is 9.37 Å². The van der Waals surface area contributed by atoms with Crippen molar-refractivity contribution in [3.63, 3.8) is 0 Å². The molecule has 6 nitrogen and oxygen atoms in total. The summed E-state index contributed by atoms with van der Waals surface area (Å²) < 4.78 is 27.5. The van der Waals surface area contributed by atoms with Crippen LogP contribution in [0, 0.1) is 5.92 Å². The maximum absolute atomic E-state index is 12.7. The first kappa shape index (κ1) is 17.4. The first-order valence-electron chi connectivity index (χ1n) is 6.93. The van der Waals surface area contributed by atoms with Gasteiger partial charge in [0.25, 0.3) is 0 Å². The van der Waals surface area contributed by atoms with Gasteiger partial charge in [0.2, 0.25) is 15.9 Å². The van der Waals surface area contributed by atoms with Gasteiger partial charge in [-0.1, -0.05) is 15.9 Å². The Labute approximate surface area is 139 Å². The number of carbonyl (C=O) groups is 1. The van der Waals surface area contributed by atoms with E-state index >= 15 is 0 Å². The van der Waals surface area contributed by atoms with Crippen LogP contribution in [0.15, 0.2) is 33.6 Å². The highest BCUT2D eigenvalue weighted by molar-refractivity contribution is 9.10. The van der Waals surface area contributed by atoms with Crippen LogP contribution in [-0.2, 0) is 19.7 Å². The number of sulfonamides is 1. The first-order valence-corrected chi connectivity index (χ1v) is 9.17. The van der Waals surface area contributed by atoms with Gasteiger partial charge >= 0.3 is 0 Å². The van der Waals surface area contributed by atoms with Gasteiger partial charge < -0.3 is 0 Å². The Balaban J connectivity index is 2.18. The number of hydrogen-bond donors (Lipinski definition) is 0. The van der Waals surface area contributed by atoms with Crippen LogP contribution in [0.3, 0.4) is 0 Å². The van der Waals surface area contributed by atoms with Crippen molar-refractivity contribution in [2.24, 2.45) is 5.92 Å². The topological polar surface area (TPSA) is 66.9 Å². The Hall–Kier alpha value is -0.960. The summed E-state index contributed by atoms with van der Waals surface area (Å²) in [6.07, 6.45) is 1.32. The van der Waals surface area contributed by atoms with Crippen LogP contribution in [0.4, 0.5) is 0 Å². The normalized spacial score (nSPS) is 19.9. The predicted molar refractivity (Wildman–Crippen MR) is 85.4 cm³/mol. The zero-order valence-electron chi connectivity index (χ0n) is 12.5. The van der Waals surface area contributed by atoms with E-state index in [4.69, 9.17) is 4.84 Å². The molecule has 8 heteroatoms. The fraction of sp³-hybridized carbons (Fsp3) is 0.500. The summed E-state index contributed by atoms with van der Waals surface area (Å²) in [5, 5.41) is 1.15. The van der Waals surface area contributed by atoms with E-state index in [1.54, 1.807) is 24.3 Å². The Morgan fingerprint density at radius 3 is 2.59 bits per heavy atom. The average Bonchev–Trinajstić information content (AvgIpc) is 2.54. The Bertz CT molecular complexity index is 633. The van der Waals surface area contributed by atoms with E-state index in [2.05, 4.69) is 15.9 Å². The minimum absolute atomic E-state index is 0.185. The molecule has 1 heterocycles. The lowest BCUT2D eigenvalue weighted by Gasteiger charge is -2.32. The van der Waals surface area contributed by atoms with Gasteiger partial charge in [0, 0.05) is 24.6 Å². The Kier molecular flexibility index (Phi) is 5.60. The lowest BCUT2D eigenvalue weighted by molar-refractivity contribution is -0.174. The fourth-order valence-corrected chi connectivity index (χ4v) is 4.25. The lowest BCUT2D eigenvalue weighted by atomic mass is 9.99. The predicted octanol–water partition coefficient (Wildman–Crippen LogP) is 1.87. The molecule has 1 aliphatic heterocycles. The molecule has 0 radical (unpaired) electrons. The number of amides is 1. The molecule has 1 unspecified atom stereocenters. The quantitative estimate of drug-likeness (QED) is 0.735. The Morgan fingerprint density at radius 1 is 1.36 bits per heavy atom. The molecule has 0 aliphatic carbocycles. The van der Waals surface area contributed by atoms with Crippen LogP contribution < -0.4 is 0 Å². The second-order valence-corrected chi connectivity index (χ2v) is 8.03. The molecule has 1 amide bonds. The number of halogens is 1. The van der Waals surface area contributed by atoms with Gasteiger partial charge in [0.05, 0.1) is 17.9 Å². The largest absolute Gasteiger partial charge is 0.275 e. The fourth-order valence-electron chi connectivity index (χ4n) is 2.47. The highest BCUT2D eigenvalue weighted by atomic mass is 79.9. The molecule has 1 aromatic rings. The summed E-state index contributed by atoms with van der Waals surface area (Å²) in [4.78, 5) is 17.3. The minimum Gasteiger partial charge on any atom is -0.275 e. The zero-order valence-corrected chi connectivity index (χ0v) is 14.9. The maximum Gasteiger partial charge on any atom is 0.250 e. The molecular formula is C14H19BrN2O4S. The SMILES string of the molecule is CON(C)C(=O)C1CCCN(S(=O)(=O)c2ccc(Br)cc2)C1. The van der Waals surface area contributed by atoms with E-state index in [1.807, 2.05) is 0 Å². The van der Waals surface area contributed by atoms with Crippen molar-refractivity contribution in [3.05, 3.63) is 28.7 Å². The number of piperidine rings is 1. The smallest absolute Gasteiger partial charge is 0.250 e. The molecule has 2 rings (SSSR count). The van der Waals surface area contributed by atoms with Gasteiger partial charge in [-0.25, -0.2) is 13.5 Å². The molecule has 1 saturated heterocycles. The van der Waals surface area contributed by atoms with E-state index in [0.29, 0.717) is 19.4 Å². The first-order chi connectivity index (χ1) is 10.4. The van der Waals surface area contributed by atoms with Crippen LogP contribution >= 0.6 is 15.9 Å². The van der Waals surface area contributed by atoms with E-state index < -0.39 is 10.0 Å². The summed E-state index contributed by atoms with van der Waals surface area (Å²) >= 11 is 3.29. The molecule has 1 atom stereocenters. The van der Waals surface area contributed by atoms with Gasteiger partial charge in [-0.3, -0.25) is 9.63 Å². The van der Waals surface area contributed by atoms with Crippen LogP contribution in [0.1, 0.15) is 12.8 Å². The third kappa shape index (κ3) is 3.68. The van der Waals surface area contributed by atoms with Crippen LogP contribution in [0.25, 0.3) is 0 Å². The summed E-state index contributed by atoms with van der Waals surface area (Å²) in [7, 11) is -0.631. The van der Waals surface area contributed by atoms with Crippen molar-refractivity contribution in [1.29, 1.82) is 0 Å². The van der Waals surface area contributed by atoms with Crippen LogP contribution in [0.5, 0.6) is 0 Å². The van der Waals surface area contributed by atoms with Crippen molar-refractivity contribution in [2.75, 3.05) is 27.2 Å². The van der Waals surface area contributed by atoms with E-state index in [9.17, 15) is 13.2 Å². The molecule has 122 valence electrons. The number of rotatable bonds is 4. The molecule has 0 spiro atoms. The Morgan fingerprint density at radius 2 is 2.00 bits per heavy atom. The van der Waals surface area contributed by atoms with Crippen molar-refractivity contribution >= 4 is 31.9 Å². The van der Waals surface area contributed by atoms with Crippen molar-refractivity contribution in [2.45, 2.75) is 17.7 Å². The van der Waals surface area contributed by atoms with E-state index in [0.717, 1.165) is 9.54 Å². The van der Waals surface area contributed by atoms with Gasteiger partial charge in [-0.05, 0) is 37.1 Å².